The van der Waals surface area contributed by atoms with Gasteiger partial charge < -0.3 is 10.2 Å². The van der Waals surface area contributed by atoms with E-state index in [9.17, 15) is 26.3 Å². The average Bonchev–Trinajstić information content (AvgIpc) is 1.63. The summed E-state index contributed by atoms with van der Waals surface area (Å²) in [6.07, 6.45) is 28.2. The van der Waals surface area contributed by atoms with E-state index in [1.807, 2.05) is 76.2 Å². The molecule has 6 saturated heterocycles. The van der Waals surface area contributed by atoms with Crippen molar-refractivity contribution in [3.05, 3.63) is 212 Å². The predicted octanol–water partition coefficient (Wildman–Crippen LogP) is 25.5. The number of likely N-dealkylation sites (tertiary alicyclic amines) is 6. The van der Waals surface area contributed by atoms with Gasteiger partial charge in [-0.1, -0.05) is 251 Å². The number of alkyl halides is 1. The van der Waals surface area contributed by atoms with Gasteiger partial charge in [0.25, 0.3) is 0 Å². The van der Waals surface area contributed by atoms with Crippen molar-refractivity contribution in [3.63, 3.8) is 0 Å². The number of benzene rings is 6. The molecule has 7 fully saturated rings. The van der Waals surface area contributed by atoms with Gasteiger partial charge in [0.05, 0.1) is 43.0 Å². The molecule has 15 heteroatoms. The highest BCUT2D eigenvalue weighted by molar-refractivity contribution is 5.41. The summed E-state index contributed by atoms with van der Waals surface area (Å²) in [7, 11) is 0. The Balaban J connectivity index is 0.000000209. The van der Waals surface area contributed by atoms with E-state index < -0.39 is 11.6 Å². The molecule has 0 aromatic heterocycles. The molecule has 0 amide bonds. The number of aliphatic hydroxyl groups is 2. The van der Waals surface area contributed by atoms with Crippen LogP contribution >= 0.6 is 0 Å². The fourth-order valence-electron chi connectivity index (χ4n) is 21.7. The summed E-state index contributed by atoms with van der Waals surface area (Å²) in [5, 5.41) is 72.9. The number of halogens is 1. The first kappa shape index (κ1) is 116. The van der Waals surface area contributed by atoms with E-state index in [2.05, 4.69) is 326 Å². The van der Waals surface area contributed by atoms with Gasteiger partial charge in [-0.05, 0) is 328 Å². The van der Waals surface area contributed by atoms with Crippen molar-refractivity contribution in [1.82, 2.24) is 29.4 Å². The molecule has 0 radical (unpaired) electrons. The smallest absolute Gasteiger partial charge is 0.120 e. The number of aliphatic hydroxyl groups excluding tert-OH is 2. The van der Waals surface area contributed by atoms with Crippen LogP contribution in [0.2, 0.25) is 0 Å². The van der Waals surface area contributed by atoms with Crippen LogP contribution < -0.4 is 0 Å². The summed E-state index contributed by atoms with van der Waals surface area (Å²) >= 11 is 0. The monoisotopic (exact) mass is 1910 g/mol. The standard InChI is InChI=1S/C23H30N2.C22H30N2O.C21H28N2O.C21H28N2.C20H25FN2.C20H26N2/c1-22(2,3)23(12-15-24)13-16-25(17-14-23)18-21-10-8-20(9-11-21)7-6-19-4-5-19;1-21(2,3)22(11-14-23)12-15-24(16-13-22)18-20-9-7-19(8-10-20)6-4-5-17-25;1-20(2,3)21(10-13-22)11-14-23(15-12-21)17-19-8-6-18(7-9-19)5-4-16-24;1-5-6-18-7-9-19(10-8-18)17-23-15-12-21(11-14-22,13-16-23)20(2,3)4;1-5-16-6-8-17(9-7-16)14-23-13-11-20(10-12-22,18(21)15-23)19(2,3)4;1-5-17-6-8-18(9-7-17)16-22-14-11-20(10-13-21,12-15-22)19(2,3)4/h8-11,19H,4-5,12-14,16-18H2,1-3H3;7-10,25H,5,11-13,15-18H2,1-3H3;6-9,24H,10-12,14-17H2,1-3H3;7-10H,11-13,15-17H2,1-4H3;1,6-9,18H,10-11,13-15H2,2-4H3;1,6-9H,10-12,14-16H2,2-4H3. The van der Waals surface area contributed by atoms with Crippen molar-refractivity contribution in [3.8, 4) is 108 Å². The average molecular weight is 1910 g/mol. The van der Waals surface area contributed by atoms with E-state index in [4.69, 9.17) is 28.3 Å². The Morgan fingerprint density at radius 2 is 0.542 bits per heavy atom. The highest BCUT2D eigenvalue weighted by atomic mass is 19.1. The molecule has 2 unspecified atom stereocenters. The summed E-state index contributed by atoms with van der Waals surface area (Å²) in [5.74, 6) is 30.1. The largest absolute Gasteiger partial charge is 0.395 e. The molecular formula is C127H167FN12O2. The Hall–Kier alpha value is -10.8. The maximum absolute atomic E-state index is 15.0. The molecule has 142 heavy (non-hydrogen) atoms. The van der Waals surface area contributed by atoms with Gasteiger partial charge in [-0.25, -0.2) is 4.39 Å². The van der Waals surface area contributed by atoms with Crippen LogP contribution in [0.25, 0.3) is 0 Å². The molecule has 6 aliphatic heterocycles. The SMILES string of the molecule is C#Cc1ccc(CN2CCC(CC#N)(C(C)(C)C)C(F)C2)cc1.C#Cc1ccc(CN2CCC(CC#N)(C(C)(C)C)CC2)cc1.CC#Cc1ccc(CN2CCC(CC#N)(C(C)(C)C)CC2)cc1.CC(C)(C)C1(CC#N)CCN(Cc2ccc(C#CC3CC3)cc2)CC1.CC(C)(C)C1(CC#N)CCN(Cc2ccc(C#CCCO)cc2)CC1.CC(C)(C)C1(CC#N)CCN(Cc2ccc(C#CCO)cc2)CC1. The fraction of sp³-hybridized carbons (Fsp3) is 0.575. The zero-order valence-corrected chi connectivity index (χ0v) is 90.1. The summed E-state index contributed by atoms with van der Waals surface area (Å²) in [6, 6.07) is 64.4. The maximum atomic E-state index is 15.0. The number of terminal acetylenes is 2. The molecule has 1 saturated carbocycles. The highest BCUT2D eigenvalue weighted by Gasteiger charge is 2.53. The molecule has 13 rings (SSSR count). The van der Waals surface area contributed by atoms with Crippen molar-refractivity contribution in [2.24, 2.45) is 70.9 Å². The van der Waals surface area contributed by atoms with Crippen LogP contribution in [0.5, 0.6) is 0 Å². The normalized spacial score (nSPS) is 19.5. The van der Waals surface area contributed by atoms with Crippen LogP contribution in [-0.2, 0) is 39.3 Å². The van der Waals surface area contributed by atoms with Crippen LogP contribution in [-0.4, -0.2) is 138 Å². The number of nitrogens with zero attached hydrogens (tertiary/aromatic N) is 12. The van der Waals surface area contributed by atoms with Gasteiger partial charge in [-0.3, -0.25) is 29.4 Å². The minimum atomic E-state index is -0.985. The molecule has 2 N–H and O–H groups in total. The molecule has 7 aliphatic rings. The zero-order chi connectivity index (χ0) is 104. The number of hydrogen-bond acceptors (Lipinski definition) is 14. The number of hydrogen-bond donors (Lipinski definition) is 2. The van der Waals surface area contributed by atoms with Crippen LogP contribution in [0.4, 0.5) is 4.39 Å². The quantitative estimate of drug-likeness (QED) is 0.0725. The van der Waals surface area contributed by atoms with Gasteiger partial charge in [-0.2, -0.15) is 31.6 Å². The van der Waals surface area contributed by atoms with Crippen LogP contribution in [0, 0.1) is 211 Å². The molecule has 754 valence electrons. The second kappa shape index (κ2) is 53.7. The Morgan fingerprint density at radius 1 is 0.310 bits per heavy atom. The van der Waals surface area contributed by atoms with E-state index in [1.165, 1.54) is 40.7 Å². The first-order valence-electron chi connectivity index (χ1n) is 52.2. The lowest BCUT2D eigenvalue weighted by Gasteiger charge is -2.51. The molecule has 1 aliphatic carbocycles. The minimum absolute atomic E-state index is 0.103. The van der Waals surface area contributed by atoms with Gasteiger partial charge in [0, 0.05) is 135 Å². The zero-order valence-electron chi connectivity index (χ0n) is 90.1. The molecular weight excluding hydrogens is 1740 g/mol. The second-order valence-electron chi connectivity index (χ2n) is 47.5. The third-order valence-electron chi connectivity index (χ3n) is 33.4. The Labute approximate surface area is 859 Å². The molecule has 0 spiro atoms. The van der Waals surface area contributed by atoms with Crippen molar-refractivity contribution < 1.29 is 14.6 Å². The highest BCUT2D eigenvalue weighted by Crippen LogP contribution is 2.56. The summed E-state index contributed by atoms with van der Waals surface area (Å²) in [4.78, 5) is 14.7. The lowest BCUT2D eigenvalue weighted by Crippen LogP contribution is -2.54. The van der Waals surface area contributed by atoms with Gasteiger partial charge in [0.15, 0.2) is 0 Å². The molecule has 6 heterocycles. The third kappa shape index (κ3) is 33.7. The predicted molar refractivity (Wildman–Crippen MR) is 579 cm³/mol. The molecule has 0 bridgehead atoms. The molecule has 14 nitrogen and oxygen atoms in total. The van der Waals surface area contributed by atoms with E-state index in [1.54, 1.807) is 0 Å². The summed E-state index contributed by atoms with van der Waals surface area (Å²) in [5.41, 5.74) is 14.6. The molecule has 6 aromatic rings. The van der Waals surface area contributed by atoms with Gasteiger partial charge in [-0.15, -0.1) is 18.8 Å². The van der Waals surface area contributed by atoms with E-state index in [-0.39, 0.29) is 79.2 Å². The van der Waals surface area contributed by atoms with Crippen LogP contribution in [0.1, 0.15) is 327 Å². The van der Waals surface area contributed by atoms with Crippen molar-refractivity contribution in [2.45, 2.75) is 305 Å². The van der Waals surface area contributed by atoms with Gasteiger partial charge >= 0.3 is 0 Å². The molecule has 2 atom stereocenters. The third-order valence-corrected chi connectivity index (χ3v) is 33.4. The maximum Gasteiger partial charge on any atom is 0.120 e. The lowest BCUT2D eigenvalue weighted by molar-refractivity contribution is -0.0660. The van der Waals surface area contributed by atoms with E-state index in [0.717, 1.165) is 214 Å². The summed E-state index contributed by atoms with van der Waals surface area (Å²) in [6.45, 7) is 59.7. The number of piperidine rings is 6. The van der Waals surface area contributed by atoms with Crippen LogP contribution in [0.15, 0.2) is 146 Å². The number of rotatable bonds is 19. The lowest BCUT2D eigenvalue weighted by atomic mass is 9.59. The second-order valence-corrected chi connectivity index (χ2v) is 47.5. The Kier molecular flexibility index (Phi) is 44.1. The fourth-order valence-corrected chi connectivity index (χ4v) is 21.7. The van der Waals surface area contributed by atoms with E-state index in [0.29, 0.717) is 57.4 Å². The van der Waals surface area contributed by atoms with Gasteiger partial charge in [0.1, 0.15) is 12.8 Å². The van der Waals surface area contributed by atoms with E-state index >= 15 is 4.39 Å². The van der Waals surface area contributed by atoms with Crippen molar-refractivity contribution >= 4 is 0 Å². The number of nitriles is 6. The van der Waals surface area contributed by atoms with Crippen LogP contribution in [0.3, 0.4) is 0 Å². The topological polar surface area (TPSA) is 203 Å². The Bertz CT molecular complexity index is 5560. The van der Waals surface area contributed by atoms with Crippen molar-refractivity contribution in [1.29, 1.82) is 31.6 Å². The summed E-state index contributed by atoms with van der Waals surface area (Å²) < 4.78 is 15.0. The minimum Gasteiger partial charge on any atom is -0.395 e. The first-order chi connectivity index (χ1) is 67.3. The Morgan fingerprint density at radius 3 is 0.754 bits per heavy atom. The molecule has 6 aromatic carbocycles. The van der Waals surface area contributed by atoms with Crippen molar-refractivity contribution in [2.75, 3.05) is 91.8 Å². The van der Waals surface area contributed by atoms with Gasteiger partial charge in [0.2, 0.25) is 0 Å². The first-order valence-corrected chi connectivity index (χ1v) is 52.2.